The number of carbonyl (C=O) groups excluding carboxylic acids is 1. The van der Waals surface area contributed by atoms with Crippen LogP contribution in [0.25, 0.3) is 0 Å². The zero-order valence-corrected chi connectivity index (χ0v) is 20.6. The fourth-order valence-electron chi connectivity index (χ4n) is 3.39. The number of nitrogens with one attached hydrogen (secondary N) is 2. The average Bonchev–Trinajstić information content (AvgIpc) is 2.79. The van der Waals surface area contributed by atoms with Gasteiger partial charge in [0.15, 0.2) is 5.96 Å². The molecule has 1 aliphatic rings. The van der Waals surface area contributed by atoms with E-state index in [9.17, 15) is 4.79 Å². The molecule has 8 heteroatoms. The van der Waals surface area contributed by atoms with Gasteiger partial charge in [0.1, 0.15) is 11.5 Å². The van der Waals surface area contributed by atoms with Gasteiger partial charge >= 0.3 is 6.09 Å². The molecule has 0 bridgehead atoms. The number of aryl methyl sites for hydroxylation is 1. The number of carbonyl (C=O) groups is 1. The number of benzene rings is 2. The largest absolute Gasteiger partial charge is 0.457 e. The second-order valence-corrected chi connectivity index (χ2v) is 7.32. The highest BCUT2D eigenvalue weighted by Crippen LogP contribution is 2.25. The number of rotatable bonds is 5. The van der Waals surface area contributed by atoms with Crippen molar-refractivity contribution in [3.8, 4) is 11.5 Å². The molecule has 2 N–H and O–H groups in total. The first-order chi connectivity index (χ1) is 14.6. The zero-order valence-electron chi connectivity index (χ0n) is 18.3. The number of halogens is 1. The van der Waals surface area contributed by atoms with Crippen LogP contribution in [0, 0.1) is 6.92 Å². The van der Waals surface area contributed by atoms with Crippen LogP contribution in [0.3, 0.4) is 0 Å². The number of hydrogen-bond donors (Lipinski definition) is 2. The molecular weight excluding hydrogens is 507 g/mol. The third-order valence-electron chi connectivity index (χ3n) is 5.16. The van der Waals surface area contributed by atoms with Crippen molar-refractivity contribution in [3.63, 3.8) is 0 Å². The molecule has 7 nitrogen and oxygen atoms in total. The predicted octanol–water partition coefficient (Wildman–Crippen LogP) is 4.30. The van der Waals surface area contributed by atoms with E-state index in [0.717, 1.165) is 35.9 Å². The number of nitrogens with zero attached hydrogens (tertiary/aromatic N) is 2. The number of amides is 1. The fourth-order valence-corrected chi connectivity index (χ4v) is 3.39. The van der Waals surface area contributed by atoms with E-state index < -0.39 is 0 Å². The molecule has 2 aromatic carbocycles. The van der Waals surface area contributed by atoms with Crippen LogP contribution in [0.4, 0.5) is 4.79 Å². The Bertz CT molecular complexity index is 865. The first-order valence-corrected chi connectivity index (χ1v) is 10.2. The monoisotopic (exact) mass is 538 g/mol. The molecule has 0 unspecified atom stereocenters. The van der Waals surface area contributed by atoms with Crippen LogP contribution in [0.1, 0.15) is 24.0 Å². The van der Waals surface area contributed by atoms with E-state index in [2.05, 4.69) is 22.5 Å². The molecule has 0 aromatic heterocycles. The van der Waals surface area contributed by atoms with Crippen LogP contribution in [0.15, 0.2) is 53.5 Å². The van der Waals surface area contributed by atoms with Gasteiger partial charge in [-0.1, -0.05) is 35.9 Å². The maximum Gasteiger partial charge on any atom is 0.409 e. The number of hydrogen-bond acceptors (Lipinski definition) is 4. The normalized spacial score (nSPS) is 14.4. The molecule has 0 aliphatic carbocycles. The summed E-state index contributed by atoms with van der Waals surface area (Å²) in [6.07, 6.45) is 1.44. The van der Waals surface area contributed by atoms with Crippen molar-refractivity contribution in [1.29, 1.82) is 0 Å². The summed E-state index contributed by atoms with van der Waals surface area (Å²) in [5.74, 6) is 2.36. The van der Waals surface area contributed by atoms with E-state index in [-0.39, 0.29) is 36.1 Å². The number of para-hydroxylation sites is 1. The third-order valence-corrected chi connectivity index (χ3v) is 5.16. The Hall–Kier alpha value is -2.49. The molecule has 1 saturated heterocycles. The summed E-state index contributed by atoms with van der Waals surface area (Å²) in [6.45, 7) is 3.99. The molecule has 168 valence electrons. The molecule has 0 spiro atoms. The number of aliphatic imine (C=N–C) groups is 1. The van der Waals surface area contributed by atoms with E-state index in [1.165, 1.54) is 12.7 Å². The summed E-state index contributed by atoms with van der Waals surface area (Å²) in [7, 11) is 3.17. The van der Waals surface area contributed by atoms with Crippen molar-refractivity contribution in [1.82, 2.24) is 15.5 Å². The fraction of sp³-hybridized carbons (Fsp3) is 0.391. The van der Waals surface area contributed by atoms with Gasteiger partial charge in [0.05, 0.1) is 7.11 Å². The highest BCUT2D eigenvalue weighted by molar-refractivity contribution is 14.0. The lowest BCUT2D eigenvalue weighted by Gasteiger charge is -2.32. The quantitative estimate of drug-likeness (QED) is 0.338. The maximum absolute atomic E-state index is 11.6. The summed E-state index contributed by atoms with van der Waals surface area (Å²) in [5, 5.41) is 6.82. The Morgan fingerprint density at radius 2 is 1.81 bits per heavy atom. The Labute approximate surface area is 201 Å². The molecule has 1 amide bonds. The van der Waals surface area contributed by atoms with Gasteiger partial charge in [-0.05, 0) is 38.0 Å². The second-order valence-electron chi connectivity index (χ2n) is 7.32. The van der Waals surface area contributed by atoms with Crippen molar-refractivity contribution >= 4 is 36.0 Å². The molecule has 1 fully saturated rings. The Balaban J connectivity index is 0.00000341. The van der Waals surface area contributed by atoms with Gasteiger partial charge in [-0.3, -0.25) is 4.99 Å². The van der Waals surface area contributed by atoms with Crippen LogP contribution in [-0.2, 0) is 11.3 Å². The predicted molar refractivity (Wildman–Crippen MR) is 133 cm³/mol. The minimum Gasteiger partial charge on any atom is -0.457 e. The van der Waals surface area contributed by atoms with E-state index in [1.54, 1.807) is 11.9 Å². The third kappa shape index (κ3) is 7.30. The minimum atomic E-state index is -0.263. The van der Waals surface area contributed by atoms with Gasteiger partial charge in [0, 0.05) is 38.3 Å². The number of ether oxygens (including phenoxy) is 2. The van der Waals surface area contributed by atoms with Crippen LogP contribution in [0.5, 0.6) is 11.5 Å². The van der Waals surface area contributed by atoms with E-state index >= 15 is 0 Å². The van der Waals surface area contributed by atoms with Crippen LogP contribution < -0.4 is 15.4 Å². The van der Waals surface area contributed by atoms with E-state index in [4.69, 9.17) is 9.47 Å². The van der Waals surface area contributed by atoms with E-state index in [1.807, 2.05) is 48.5 Å². The van der Waals surface area contributed by atoms with Crippen LogP contribution in [0.2, 0.25) is 0 Å². The molecule has 3 rings (SSSR count). The number of guanidine groups is 1. The van der Waals surface area contributed by atoms with Crippen molar-refractivity contribution in [2.24, 2.45) is 4.99 Å². The van der Waals surface area contributed by atoms with Crippen LogP contribution in [-0.4, -0.2) is 50.2 Å². The van der Waals surface area contributed by atoms with Crippen molar-refractivity contribution < 1.29 is 14.3 Å². The summed E-state index contributed by atoms with van der Waals surface area (Å²) < 4.78 is 10.9. The molecule has 0 saturated carbocycles. The Morgan fingerprint density at radius 1 is 1.13 bits per heavy atom. The van der Waals surface area contributed by atoms with Gasteiger partial charge in [-0.25, -0.2) is 4.79 Å². The lowest BCUT2D eigenvalue weighted by atomic mass is 10.1. The molecule has 2 aromatic rings. The smallest absolute Gasteiger partial charge is 0.409 e. The first kappa shape index (κ1) is 24.8. The molecular formula is C23H31IN4O3. The van der Waals surface area contributed by atoms with Gasteiger partial charge in [0.25, 0.3) is 0 Å². The number of likely N-dealkylation sites (tertiary alicyclic amines) is 1. The summed E-state index contributed by atoms with van der Waals surface area (Å²) in [4.78, 5) is 17.7. The average molecular weight is 538 g/mol. The standard InChI is InChI=1S/C23H30N4O3.HI/c1-17-8-10-20(11-9-17)30-21-7-5-4-6-18(21)16-25-22(24-2)26-19-12-14-27(15-13-19)23(28)29-3;/h4-11,19H,12-16H2,1-3H3,(H2,24,25,26);1H. The molecule has 31 heavy (non-hydrogen) atoms. The SMILES string of the molecule is CN=C(NCc1ccccc1Oc1ccc(C)cc1)NC1CCN(C(=O)OC)CC1.I. The highest BCUT2D eigenvalue weighted by Gasteiger charge is 2.23. The Kier molecular flexibility index (Phi) is 9.90. The van der Waals surface area contributed by atoms with Crippen LogP contribution >= 0.6 is 24.0 Å². The van der Waals surface area contributed by atoms with Gasteiger partial charge in [-0.2, -0.15) is 0 Å². The van der Waals surface area contributed by atoms with Gasteiger partial charge < -0.3 is 25.0 Å². The highest BCUT2D eigenvalue weighted by atomic mass is 127. The lowest BCUT2D eigenvalue weighted by molar-refractivity contribution is 0.111. The first-order valence-electron chi connectivity index (χ1n) is 10.2. The topological polar surface area (TPSA) is 75.2 Å². The van der Waals surface area contributed by atoms with Crippen molar-refractivity contribution in [3.05, 3.63) is 59.7 Å². The summed E-state index contributed by atoms with van der Waals surface area (Å²) >= 11 is 0. The zero-order chi connectivity index (χ0) is 21.3. The second kappa shape index (κ2) is 12.4. The van der Waals surface area contributed by atoms with Crippen molar-refractivity contribution in [2.45, 2.75) is 32.4 Å². The van der Waals surface area contributed by atoms with Gasteiger partial charge in [-0.15, -0.1) is 24.0 Å². The lowest BCUT2D eigenvalue weighted by Crippen LogP contribution is -2.49. The molecule has 0 radical (unpaired) electrons. The van der Waals surface area contributed by atoms with Crippen molar-refractivity contribution in [2.75, 3.05) is 27.2 Å². The maximum atomic E-state index is 11.6. The molecule has 0 atom stereocenters. The van der Waals surface area contributed by atoms with E-state index in [0.29, 0.717) is 19.6 Å². The molecule has 1 heterocycles. The minimum absolute atomic E-state index is 0. The summed E-state index contributed by atoms with van der Waals surface area (Å²) in [6, 6.07) is 16.2. The number of methoxy groups -OCH3 is 1. The molecule has 1 aliphatic heterocycles. The number of piperidine rings is 1. The van der Waals surface area contributed by atoms with Gasteiger partial charge in [0.2, 0.25) is 0 Å². The Morgan fingerprint density at radius 3 is 2.45 bits per heavy atom. The summed E-state index contributed by atoms with van der Waals surface area (Å²) in [5.41, 5.74) is 2.24.